The van der Waals surface area contributed by atoms with Crippen LogP contribution >= 0.6 is 0 Å². The van der Waals surface area contributed by atoms with Gasteiger partial charge in [0.2, 0.25) is 0 Å². The lowest BCUT2D eigenvalue weighted by molar-refractivity contribution is -0.139. The predicted molar refractivity (Wildman–Crippen MR) is 79.5 cm³/mol. The summed E-state index contributed by atoms with van der Waals surface area (Å²) in [6, 6.07) is 9.60. The largest absolute Gasteiger partial charge is 0.481 e. The number of rotatable bonds is 4. The van der Waals surface area contributed by atoms with Gasteiger partial charge in [0.15, 0.2) is 6.10 Å². The second-order valence-corrected chi connectivity index (χ2v) is 5.62. The van der Waals surface area contributed by atoms with Crippen molar-refractivity contribution in [3.63, 3.8) is 0 Å². The maximum Gasteiger partial charge on any atom is 0.263 e. The molecule has 2 rings (SSSR count). The van der Waals surface area contributed by atoms with E-state index in [1.165, 1.54) is 0 Å². The van der Waals surface area contributed by atoms with E-state index in [1.807, 2.05) is 49.1 Å². The highest BCUT2D eigenvalue weighted by Gasteiger charge is 2.29. The second kappa shape index (κ2) is 6.75. The Bertz CT molecular complexity index is 433. The second-order valence-electron chi connectivity index (χ2n) is 5.62. The lowest BCUT2D eigenvalue weighted by Gasteiger charge is -2.35. The van der Waals surface area contributed by atoms with Crippen LogP contribution in [0.15, 0.2) is 30.3 Å². The summed E-state index contributed by atoms with van der Waals surface area (Å²) >= 11 is 0. The first-order chi connectivity index (χ1) is 9.58. The molecule has 20 heavy (non-hydrogen) atoms. The number of hydrogen-bond donors (Lipinski definition) is 1. The lowest BCUT2D eigenvalue weighted by Crippen LogP contribution is -2.48. The molecule has 0 bridgehead atoms. The molecule has 0 radical (unpaired) electrons. The first kappa shape index (κ1) is 14.9. The number of nitrogens with two attached hydrogens (primary N) is 1. The quantitative estimate of drug-likeness (QED) is 0.915. The van der Waals surface area contributed by atoms with Crippen LogP contribution in [-0.2, 0) is 4.79 Å². The molecule has 0 unspecified atom stereocenters. The molecular formula is C16H24N2O2. The van der Waals surface area contributed by atoms with Gasteiger partial charge in [0.05, 0.1) is 0 Å². The van der Waals surface area contributed by atoms with Crippen molar-refractivity contribution in [3.05, 3.63) is 30.3 Å². The van der Waals surface area contributed by atoms with Crippen molar-refractivity contribution in [3.8, 4) is 5.75 Å². The molecule has 4 nitrogen and oxygen atoms in total. The van der Waals surface area contributed by atoms with Crippen LogP contribution in [0.25, 0.3) is 0 Å². The van der Waals surface area contributed by atoms with E-state index in [9.17, 15) is 4.79 Å². The van der Waals surface area contributed by atoms with E-state index >= 15 is 0 Å². The molecule has 1 saturated heterocycles. The number of ether oxygens (including phenoxy) is 1. The van der Waals surface area contributed by atoms with Gasteiger partial charge in [-0.2, -0.15) is 0 Å². The van der Waals surface area contributed by atoms with Crippen molar-refractivity contribution in [1.82, 2.24) is 4.90 Å². The van der Waals surface area contributed by atoms with Crippen LogP contribution in [0.1, 0.15) is 26.7 Å². The molecule has 0 spiro atoms. The highest BCUT2D eigenvalue weighted by Crippen LogP contribution is 2.20. The maximum atomic E-state index is 12.4. The number of amides is 1. The van der Waals surface area contributed by atoms with Gasteiger partial charge < -0.3 is 15.4 Å². The zero-order valence-electron chi connectivity index (χ0n) is 12.3. The van der Waals surface area contributed by atoms with Crippen LogP contribution in [-0.4, -0.2) is 36.0 Å². The molecule has 1 aromatic rings. The molecule has 1 amide bonds. The molecule has 2 N–H and O–H groups in total. The van der Waals surface area contributed by atoms with Gasteiger partial charge in [0.1, 0.15) is 5.75 Å². The molecular weight excluding hydrogens is 252 g/mol. The van der Waals surface area contributed by atoms with E-state index in [1.54, 1.807) is 0 Å². The van der Waals surface area contributed by atoms with Gasteiger partial charge >= 0.3 is 0 Å². The Morgan fingerprint density at radius 3 is 2.70 bits per heavy atom. The highest BCUT2D eigenvalue weighted by atomic mass is 16.5. The molecule has 1 aromatic carbocycles. The molecule has 1 fully saturated rings. The standard InChI is InChI=1S/C16H24N2O2/c1-12(17)14-7-6-10-18(11-14)16(19)13(2)20-15-8-4-3-5-9-15/h3-5,8-9,12-14H,6-7,10-11,17H2,1-2H3/t12-,13+,14-/m1/s1. The fraction of sp³-hybridized carbons (Fsp3) is 0.562. The minimum atomic E-state index is -0.454. The van der Waals surface area contributed by atoms with Crippen molar-refractivity contribution >= 4 is 5.91 Å². The van der Waals surface area contributed by atoms with E-state index in [2.05, 4.69) is 0 Å². The Labute approximate surface area is 120 Å². The highest BCUT2D eigenvalue weighted by molar-refractivity contribution is 5.81. The Balaban J connectivity index is 1.93. The molecule has 110 valence electrons. The van der Waals surface area contributed by atoms with Gasteiger partial charge in [-0.05, 0) is 44.7 Å². The number of carbonyl (C=O) groups is 1. The number of benzene rings is 1. The van der Waals surface area contributed by atoms with E-state index in [0.29, 0.717) is 5.92 Å². The zero-order chi connectivity index (χ0) is 14.5. The van der Waals surface area contributed by atoms with E-state index in [-0.39, 0.29) is 11.9 Å². The van der Waals surface area contributed by atoms with Crippen molar-refractivity contribution in [2.24, 2.45) is 11.7 Å². The molecule has 0 aliphatic carbocycles. The number of hydrogen-bond acceptors (Lipinski definition) is 3. The molecule has 1 heterocycles. The summed E-state index contributed by atoms with van der Waals surface area (Å²) in [7, 11) is 0. The summed E-state index contributed by atoms with van der Waals surface area (Å²) in [6.07, 6.45) is 1.68. The summed E-state index contributed by atoms with van der Waals surface area (Å²) in [6.45, 7) is 5.39. The minimum absolute atomic E-state index is 0.0548. The third kappa shape index (κ3) is 3.73. The number of nitrogens with zero attached hydrogens (tertiary/aromatic N) is 1. The van der Waals surface area contributed by atoms with Crippen molar-refractivity contribution in [1.29, 1.82) is 0 Å². The van der Waals surface area contributed by atoms with Gasteiger partial charge in [0.25, 0.3) is 5.91 Å². The van der Waals surface area contributed by atoms with E-state index < -0.39 is 6.10 Å². The maximum absolute atomic E-state index is 12.4. The van der Waals surface area contributed by atoms with Gasteiger partial charge in [-0.25, -0.2) is 0 Å². The third-order valence-electron chi connectivity index (χ3n) is 3.92. The SMILES string of the molecule is C[C@H](Oc1ccccc1)C(=O)N1CCC[C@@H]([C@@H](C)N)C1. The minimum Gasteiger partial charge on any atom is -0.481 e. The topological polar surface area (TPSA) is 55.6 Å². The first-order valence-corrected chi connectivity index (χ1v) is 7.34. The Morgan fingerprint density at radius 1 is 1.35 bits per heavy atom. The van der Waals surface area contributed by atoms with Crippen LogP contribution in [0.5, 0.6) is 5.75 Å². The number of likely N-dealkylation sites (tertiary alicyclic amines) is 1. The third-order valence-corrected chi connectivity index (χ3v) is 3.92. The fourth-order valence-electron chi connectivity index (χ4n) is 2.65. The molecule has 1 aliphatic rings. The normalized spacial score (nSPS) is 22.1. The van der Waals surface area contributed by atoms with Crippen LogP contribution in [0, 0.1) is 5.92 Å². The van der Waals surface area contributed by atoms with Gasteiger partial charge in [-0.1, -0.05) is 18.2 Å². The van der Waals surface area contributed by atoms with Gasteiger partial charge in [-0.15, -0.1) is 0 Å². The number of piperidine rings is 1. The Kier molecular flexibility index (Phi) is 5.01. The van der Waals surface area contributed by atoms with Gasteiger partial charge in [-0.3, -0.25) is 4.79 Å². The Morgan fingerprint density at radius 2 is 2.05 bits per heavy atom. The summed E-state index contributed by atoms with van der Waals surface area (Å²) < 4.78 is 5.70. The number of carbonyl (C=O) groups excluding carboxylic acids is 1. The lowest BCUT2D eigenvalue weighted by atomic mass is 9.92. The molecule has 0 saturated carbocycles. The van der Waals surface area contributed by atoms with Crippen LogP contribution < -0.4 is 10.5 Å². The molecule has 0 aromatic heterocycles. The molecule has 4 heteroatoms. The monoisotopic (exact) mass is 276 g/mol. The molecule has 3 atom stereocenters. The summed E-state index contributed by atoms with van der Waals surface area (Å²) in [4.78, 5) is 14.3. The average molecular weight is 276 g/mol. The van der Waals surface area contributed by atoms with E-state index in [0.717, 1.165) is 31.7 Å². The summed E-state index contributed by atoms with van der Waals surface area (Å²) in [5.74, 6) is 1.19. The van der Waals surface area contributed by atoms with Gasteiger partial charge in [0, 0.05) is 19.1 Å². The van der Waals surface area contributed by atoms with Crippen LogP contribution in [0.4, 0.5) is 0 Å². The summed E-state index contributed by atoms with van der Waals surface area (Å²) in [5.41, 5.74) is 5.96. The van der Waals surface area contributed by atoms with Crippen molar-refractivity contribution < 1.29 is 9.53 Å². The smallest absolute Gasteiger partial charge is 0.263 e. The zero-order valence-corrected chi connectivity index (χ0v) is 12.3. The molecule has 1 aliphatic heterocycles. The van der Waals surface area contributed by atoms with Crippen LogP contribution in [0.2, 0.25) is 0 Å². The van der Waals surface area contributed by atoms with E-state index in [4.69, 9.17) is 10.5 Å². The van der Waals surface area contributed by atoms with Crippen molar-refractivity contribution in [2.45, 2.75) is 38.8 Å². The fourth-order valence-corrected chi connectivity index (χ4v) is 2.65. The predicted octanol–water partition coefficient (Wildman–Crippen LogP) is 2.04. The average Bonchev–Trinajstić information content (AvgIpc) is 2.47. The number of para-hydroxylation sites is 1. The first-order valence-electron chi connectivity index (χ1n) is 7.34. The van der Waals surface area contributed by atoms with Crippen molar-refractivity contribution in [2.75, 3.05) is 13.1 Å². The van der Waals surface area contributed by atoms with Crippen LogP contribution in [0.3, 0.4) is 0 Å². The Hall–Kier alpha value is -1.55. The summed E-state index contributed by atoms with van der Waals surface area (Å²) in [5, 5.41) is 0.